The van der Waals surface area contributed by atoms with Gasteiger partial charge in [0.1, 0.15) is 0 Å². The van der Waals surface area contributed by atoms with E-state index in [0.29, 0.717) is 11.4 Å². The van der Waals surface area contributed by atoms with E-state index in [4.69, 9.17) is 4.74 Å². The van der Waals surface area contributed by atoms with Crippen molar-refractivity contribution >= 4 is 17.7 Å². The Morgan fingerprint density at radius 3 is 2.95 bits per heavy atom. The molecule has 0 radical (unpaired) electrons. The Bertz CT molecular complexity index is 643. The van der Waals surface area contributed by atoms with Gasteiger partial charge >= 0.3 is 0 Å². The molecule has 1 N–H and O–H groups in total. The summed E-state index contributed by atoms with van der Waals surface area (Å²) in [4.78, 5) is 17.6. The second kappa shape index (κ2) is 6.18. The van der Waals surface area contributed by atoms with Crippen molar-refractivity contribution in [3.8, 4) is 5.88 Å². The second-order valence-corrected chi connectivity index (χ2v) is 5.93. The zero-order valence-corrected chi connectivity index (χ0v) is 12.5. The first kappa shape index (κ1) is 13.9. The highest BCUT2D eigenvalue weighted by atomic mass is 32.2. The summed E-state index contributed by atoms with van der Waals surface area (Å²) in [6, 6.07) is 11.7. The van der Waals surface area contributed by atoms with Gasteiger partial charge in [-0.15, -0.1) is 11.8 Å². The zero-order valence-electron chi connectivity index (χ0n) is 11.7. The molecule has 2 aromatic rings. The fourth-order valence-corrected chi connectivity index (χ4v) is 3.49. The van der Waals surface area contributed by atoms with E-state index in [9.17, 15) is 4.79 Å². The van der Waals surface area contributed by atoms with Crippen LogP contribution in [0.15, 0.2) is 47.5 Å². The maximum atomic E-state index is 12.3. The molecule has 1 amide bonds. The number of hydrogen-bond acceptors (Lipinski definition) is 4. The number of carbonyl (C=O) groups excluding carboxylic acids is 1. The molecule has 1 aromatic heterocycles. The SMILES string of the molecule is COc1ccc(C(=O)NC2CCSc3ccccc32)cn1. The molecule has 1 aliphatic rings. The molecule has 0 spiro atoms. The lowest BCUT2D eigenvalue weighted by Crippen LogP contribution is -2.30. The van der Waals surface area contributed by atoms with Crippen molar-refractivity contribution < 1.29 is 9.53 Å². The average molecular weight is 300 g/mol. The van der Waals surface area contributed by atoms with E-state index >= 15 is 0 Å². The molecular formula is C16H16N2O2S. The third-order valence-electron chi connectivity index (χ3n) is 3.47. The van der Waals surface area contributed by atoms with Gasteiger partial charge in [-0.25, -0.2) is 4.98 Å². The van der Waals surface area contributed by atoms with Crippen molar-refractivity contribution in [2.24, 2.45) is 0 Å². The van der Waals surface area contributed by atoms with Gasteiger partial charge in [-0.2, -0.15) is 0 Å². The lowest BCUT2D eigenvalue weighted by atomic mass is 10.0. The summed E-state index contributed by atoms with van der Waals surface area (Å²) in [6.45, 7) is 0. The van der Waals surface area contributed by atoms with Crippen molar-refractivity contribution in [3.05, 3.63) is 53.7 Å². The van der Waals surface area contributed by atoms with Gasteiger partial charge in [0.25, 0.3) is 5.91 Å². The Labute approximate surface area is 127 Å². The maximum Gasteiger partial charge on any atom is 0.253 e. The highest BCUT2D eigenvalue weighted by Gasteiger charge is 2.22. The largest absolute Gasteiger partial charge is 0.481 e. The lowest BCUT2D eigenvalue weighted by molar-refractivity contribution is 0.0934. The predicted molar refractivity (Wildman–Crippen MR) is 82.8 cm³/mol. The molecule has 2 heterocycles. The number of benzene rings is 1. The van der Waals surface area contributed by atoms with Gasteiger partial charge in [0.05, 0.1) is 18.7 Å². The van der Waals surface area contributed by atoms with Crippen LogP contribution in [0.2, 0.25) is 0 Å². The van der Waals surface area contributed by atoms with E-state index in [-0.39, 0.29) is 11.9 Å². The first-order chi connectivity index (χ1) is 10.3. The molecule has 0 fully saturated rings. The van der Waals surface area contributed by atoms with E-state index in [1.54, 1.807) is 19.2 Å². The molecule has 0 aliphatic carbocycles. The minimum absolute atomic E-state index is 0.0667. The van der Waals surface area contributed by atoms with Crippen molar-refractivity contribution in [2.75, 3.05) is 12.9 Å². The zero-order chi connectivity index (χ0) is 14.7. The van der Waals surface area contributed by atoms with Crippen LogP contribution in [0.4, 0.5) is 0 Å². The molecule has 5 heteroatoms. The second-order valence-electron chi connectivity index (χ2n) is 4.79. The van der Waals surface area contributed by atoms with Gasteiger partial charge in [-0.3, -0.25) is 4.79 Å². The van der Waals surface area contributed by atoms with Crippen molar-refractivity contribution in [2.45, 2.75) is 17.4 Å². The van der Waals surface area contributed by atoms with E-state index in [2.05, 4.69) is 22.4 Å². The number of pyridine rings is 1. The van der Waals surface area contributed by atoms with Gasteiger partial charge in [-0.1, -0.05) is 18.2 Å². The Kier molecular flexibility index (Phi) is 4.10. The quantitative estimate of drug-likeness (QED) is 0.946. The highest BCUT2D eigenvalue weighted by molar-refractivity contribution is 7.99. The van der Waals surface area contributed by atoms with Crippen LogP contribution in [0.5, 0.6) is 5.88 Å². The number of ether oxygens (including phenoxy) is 1. The maximum absolute atomic E-state index is 12.3. The van der Waals surface area contributed by atoms with Crippen LogP contribution in [-0.2, 0) is 0 Å². The van der Waals surface area contributed by atoms with Gasteiger partial charge < -0.3 is 10.1 Å². The van der Waals surface area contributed by atoms with E-state index < -0.39 is 0 Å². The summed E-state index contributed by atoms with van der Waals surface area (Å²) < 4.78 is 5.00. The summed E-state index contributed by atoms with van der Waals surface area (Å²) in [5.74, 6) is 1.42. The summed E-state index contributed by atoms with van der Waals surface area (Å²) in [7, 11) is 1.55. The first-order valence-corrected chi connectivity index (χ1v) is 7.79. The molecule has 4 nitrogen and oxygen atoms in total. The van der Waals surface area contributed by atoms with Crippen LogP contribution in [0, 0.1) is 0 Å². The average Bonchev–Trinajstić information content (AvgIpc) is 2.55. The fourth-order valence-electron chi connectivity index (χ4n) is 2.37. The standard InChI is InChI=1S/C16H16N2O2S/c1-20-15-7-6-11(10-17-15)16(19)18-13-8-9-21-14-5-3-2-4-12(13)14/h2-7,10,13H,8-9H2,1H3,(H,18,19). The molecule has 1 unspecified atom stereocenters. The van der Waals surface area contributed by atoms with E-state index in [1.165, 1.54) is 16.7 Å². The first-order valence-electron chi connectivity index (χ1n) is 6.80. The number of hydrogen-bond donors (Lipinski definition) is 1. The van der Waals surface area contributed by atoms with Gasteiger partial charge in [-0.05, 0) is 24.1 Å². The van der Waals surface area contributed by atoms with Crippen LogP contribution < -0.4 is 10.1 Å². The van der Waals surface area contributed by atoms with Gasteiger partial charge in [0, 0.05) is 22.9 Å². The molecule has 108 valence electrons. The Morgan fingerprint density at radius 2 is 2.19 bits per heavy atom. The molecule has 0 saturated carbocycles. The fraction of sp³-hybridized carbons (Fsp3) is 0.250. The minimum Gasteiger partial charge on any atom is -0.481 e. The third kappa shape index (κ3) is 3.03. The normalized spacial score (nSPS) is 16.9. The number of methoxy groups -OCH3 is 1. The Morgan fingerprint density at radius 1 is 1.33 bits per heavy atom. The van der Waals surface area contributed by atoms with Crippen LogP contribution in [-0.4, -0.2) is 23.8 Å². The molecule has 21 heavy (non-hydrogen) atoms. The smallest absolute Gasteiger partial charge is 0.253 e. The predicted octanol–water partition coefficient (Wildman–Crippen LogP) is 3.06. The number of carbonyl (C=O) groups is 1. The van der Waals surface area contributed by atoms with Crippen LogP contribution in [0.25, 0.3) is 0 Å². The molecule has 3 rings (SSSR count). The number of nitrogens with zero attached hydrogens (tertiary/aromatic N) is 1. The molecule has 1 aliphatic heterocycles. The van der Waals surface area contributed by atoms with Gasteiger partial charge in [0.15, 0.2) is 0 Å². The summed E-state index contributed by atoms with van der Waals surface area (Å²) in [5.41, 5.74) is 1.75. The van der Waals surface area contributed by atoms with Crippen LogP contribution in [0.1, 0.15) is 28.4 Å². The van der Waals surface area contributed by atoms with Crippen molar-refractivity contribution in [1.82, 2.24) is 10.3 Å². The summed E-state index contributed by atoms with van der Waals surface area (Å²) in [6.07, 6.45) is 2.48. The lowest BCUT2D eigenvalue weighted by Gasteiger charge is -2.25. The molecule has 1 atom stereocenters. The molecular weight excluding hydrogens is 284 g/mol. The third-order valence-corrected chi connectivity index (χ3v) is 4.59. The number of aromatic nitrogens is 1. The number of nitrogens with one attached hydrogen (secondary N) is 1. The molecule has 1 aromatic carbocycles. The number of thioether (sulfide) groups is 1. The van der Waals surface area contributed by atoms with Crippen molar-refractivity contribution in [1.29, 1.82) is 0 Å². The van der Waals surface area contributed by atoms with E-state index in [1.807, 2.05) is 23.9 Å². The Balaban J connectivity index is 1.76. The van der Waals surface area contributed by atoms with E-state index in [0.717, 1.165) is 12.2 Å². The number of amides is 1. The van der Waals surface area contributed by atoms with Gasteiger partial charge in [0.2, 0.25) is 5.88 Å². The Hall–Kier alpha value is -2.01. The topological polar surface area (TPSA) is 51.2 Å². The van der Waals surface area contributed by atoms with Crippen LogP contribution in [0.3, 0.4) is 0 Å². The summed E-state index contributed by atoms with van der Waals surface area (Å²) >= 11 is 1.84. The number of fused-ring (bicyclic) bond motifs is 1. The monoisotopic (exact) mass is 300 g/mol. The van der Waals surface area contributed by atoms with Crippen LogP contribution >= 0.6 is 11.8 Å². The highest BCUT2D eigenvalue weighted by Crippen LogP contribution is 2.35. The number of rotatable bonds is 3. The molecule has 0 saturated heterocycles. The summed E-state index contributed by atoms with van der Waals surface area (Å²) in [5, 5.41) is 3.10. The van der Waals surface area contributed by atoms with Crippen molar-refractivity contribution in [3.63, 3.8) is 0 Å². The molecule has 0 bridgehead atoms. The minimum atomic E-state index is -0.100.